The van der Waals surface area contributed by atoms with Gasteiger partial charge in [-0.3, -0.25) is 0 Å². The molecule has 0 saturated heterocycles. The molecule has 0 unspecified atom stereocenters. The summed E-state index contributed by atoms with van der Waals surface area (Å²) in [6.45, 7) is 8.25. The lowest BCUT2D eigenvalue weighted by molar-refractivity contribution is 1.09. The fourth-order valence-corrected chi connectivity index (χ4v) is 1.91. The van der Waals surface area contributed by atoms with E-state index in [4.69, 9.17) is 0 Å². The van der Waals surface area contributed by atoms with Gasteiger partial charge < -0.3 is 4.90 Å². The number of anilines is 1. The molecule has 0 spiro atoms. The molecule has 0 aliphatic rings. The number of hydrogen-bond donors (Lipinski definition) is 0. The first kappa shape index (κ1) is 15.0. The molecule has 0 aliphatic heterocycles. The average molecular weight is 253 g/mol. The molecule has 0 aromatic heterocycles. The van der Waals surface area contributed by atoms with Crippen LogP contribution in [0.4, 0.5) is 5.69 Å². The van der Waals surface area contributed by atoms with E-state index in [0.717, 1.165) is 0 Å². The molecule has 1 rings (SSSR count). The van der Waals surface area contributed by atoms with Crippen molar-refractivity contribution in [3.63, 3.8) is 0 Å². The van der Waals surface area contributed by atoms with Crippen molar-refractivity contribution < 1.29 is 0 Å². The summed E-state index contributed by atoms with van der Waals surface area (Å²) in [4.78, 5) is 2.25. The fraction of sp³-hybridized carbons (Fsp3) is 0.222. The van der Waals surface area contributed by atoms with Crippen LogP contribution in [0.25, 0.3) is 0 Å². The molecular formula is C18H23N. The van der Waals surface area contributed by atoms with E-state index < -0.39 is 0 Å². The van der Waals surface area contributed by atoms with Crippen LogP contribution in [0.2, 0.25) is 0 Å². The zero-order valence-electron chi connectivity index (χ0n) is 12.3. The Kier molecular flexibility index (Phi) is 6.45. The highest BCUT2D eigenvalue weighted by Crippen LogP contribution is 2.24. The SMILES string of the molecule is C/C=C\C=C(/C)N(C(/C=C\C)=C/C)c1ccccc1. The van der Waals surface area contributed by atoms with Gasteiger partial charge in [0.1, 0.15) is 0 Å². The lowest BCUT2D eigenvalue weighted by Crippen LogP contribution is -2.19. The lowest BCUT2D eigenvalue weighted by atomic mass is 10.2. The smallest absolute Gasteiger partial charge is 0.0458 e. The Hall–Kier alpha value is -2.02. The second kappa shape index (κ2) is 8.15. The molecule has 0 saturated carbocycles. The average Bonchev–Trinajstić information content (AvgIpc) is 2.45. The van der Waals surface area contributed by atoms with Crippen molar-refractivity contribution in [2.24, 2.45) is 0 Å². The molecule has 0 aliphatic carbocycles. The van der Waals surface area contributed by atoms with E-state index >= 15 is 0 Å². The molecule has 0 bridgehead atoms. The van der Waals surface area contributed by atoms with Gasteiger partial charge in [-0.25, -0.2) is 0 Å². The Labute approximate surface area is 117 Å². The molecule has 19 heavy (non-hydrogen) atoms. The number of benzene rings is 1. The van der Waals surface area contributed by atoms with Gasteiger partial charge in [-0.15, -0.1) is 0 Å². The van der Waals surface area contributed by atoms with Gasteiger partial charge in [0.2, 0.25) is 0 Å². The van der Waals surface area contributed by atoms with Crippen molar-refractivity contribution in [1.82, 2.24) is 0 Å². The minimum absolute atomic E-state index is 1.17. The van der Waals surface area contributed by atoms with Crippen molar-refractivity contribution in [1.29, 1.82) is 0 Å². The number of rotatable bonds is 5. The zero-order chi connectivity index (χ0) is 14.1. The summed E-state index contributed by atoms with van der Waals surface area (Å²) in [6, 6.07) is 10.4. The predicted octanol–water partition coefficient (Wildman–Crippen LogP) is 5.45. The van der Waals surface area contributed by atoms with E-state index in [1.54, 1.807) is 0 Å². The lowest BCUT2D eigenvalue weighted by Gasteiger charge is -2.26. The largest absolute Gasteiger partial charge is 0.315 e. The standard InChI is InChI=1S/C18H23N/c1-5-8-13-16(4)19(17(7-3)12-6-2)18-14-10-9-11-15-18/h5-15H,1-4H3/b8-5-,12-6-,16-13+,17-7+. The molecule has 0 radical (unpaired) electrons. The van der Waals surface area contributed by atoms with Crippen LogP contribution < -0.4 is 4.90 Å². The van der Waals surface area contributed by atoms with Crippen LogP contribution in [0.15, 0.2) is 78.2 Å². The maximum atomic E-state index is 2.25. The summed E-state index contributed by atoms with van der Waals surface area (Å²) >= 11 is 0. The summed E-state index contributed by atoms with van der Waals surface area (Å²) in [7, 11) is 0. The first-order valence-electron chi connectivity index (χ1n) is 6.68. The van der Waals surface area contributed by atoms with Crippen LogP contribution in [0.1, 0.15) is 27.7 Å². The normalized spacial score (nSPS) is 13.5. The first-order chi connectivity index (χ1) is 9.24. The molecule has 1 nitrogen and oxygen atoms in total. The van der Waals surface area contributed by atoms with Gasteiger partial charge in [-0.1, -0.05) is 42.5 Å². The van der Waals surface area contributed by atoms with Gasteiger partial charge in [0.15, 0.2) is 0 Å². The van der Waals surface area contributed by atoms with Crippen LogP contribution in [-0.2, 0) is 0 Å². The summed E-state index contributed by atoms with van der Waals surface area (Å²) in [5, 5.41) is 0. The summed E-state index contributed by atoms with van der Waals surface area (Å²) < 4.78 is 0. The third-order valence-electron chi connectivity index (χ3n) is 2.79. The molecule has 0 N–H and O–H groups in total. The quantitative estimate of drug-likeness (QED) is 0.630. The van der Waals surface area contributed by atoms with E-state index in [2.05, 4.69) is 73.4 Å². The maximum absolute atomic E-state index is 2.25. The minimum atomic E-state index is 1.17. The van der Waals surface area contributed by atoms with Gasteiger partial charge in [-0.2, -0.15) is 0 Å². The molecular weight excluding hydrogens is 230 g/mol. The minimum Gasteiger partial charge on any atom is -0.315 e. The number of nitrogens with zero attached hydrogens (tertiary/aromatic N) is 1. The van der Waals surface area contributed by atoms with Crippen molar-refractivity contribution >= 4 is 5.69 Å². The Morgan fingerprint density at radius 2 is 1.68 bits per heavy atom. The van der Waals surface area contributed by atoms with Crippen LogP contribution >= 0.6 is 0 Å². The molecule has 0 fully saturated rings. The Morgan fingerprint density at radius 3 is 2.21 bits per heavy atom. The molecule has 0 amide bonds. The molecule has 1 aromatic rings. The summed E-state index contributed by atoms with van der Waals surface area (Å²) in [5.74, 6) is 0. The number of allylic oxidation sites excluding steroid dienone is 7. The van der Waals surface area contributed by atoms with Crippen LogP contribution in [0.5, 0.6) is 0 Å². The topological polar surface area (TPSA) is 3.24 Å². The number of hydrogen-bond acceptors (Lipinski definition) is 1. The highest BCUT2D eigenvalue weighted by atomic mass is 15.1. The van der Waals surface area contributed by atoms with Crippen molar-refractivity contribution in [2.75, 3.05) is 4.90 Å². The van der Waals surface area contributed by atoms with E-state index in [1.807, 2.05) is 26.0 Å². The second-order valence-corrected chi connectivity index (χ2v) is 4.22. The molecule has 1 aromatic carbocycles. The van der Waals surface area contributed by atoms with Gasteiger partial charge in [-0.05, 0) is 52.0 Å². The summed E-state index contributed by atoms with van der Waals surface area (Å²) in [5.41, 5.74) is 3.54. The highest BCUT2D eigenvalue weighted by molar-refractivity contribution is 5.60. The van der Waals surface area contributed by atoms with Crippen LogP contribution in [0.3, 0.4) is 0 Å². The third-order valence-corrected chi connectivity index (χ3v) is 2.79. The fourth-order valence-electron chi connectivity index (χ4n) is 1.91. The highest BCUT2D eigenvalue weighted by Gasteiger charge is 2.10. The van der Waals surface area contributed by atoms with E-state index in [9.17, 15) is 0 Å². The van der Waals surface area contributed by atoms with E-state index in [1.165, 1.54) is 17.1 Å². The molecule has 100 valence electrons. The van der Waals surface area contributed by atoms with Gasteiger partial charge in [0.25, 0.3) is 0 Å². The van der Waals surface area contributed by atoms with Crippen molar-refractivity contribution in [3.05, 3.63) is 78.2 Å². The Morgan fingerprint density at radius 1 is 1.00 bits per heavy atom. The number of para-hydroxylation sites is 1. The Bertz CT molecular complexity index is 490. The third kappa shape index (κ3) is 4.29. The molecule has 0 atom stereocenters. The first-order valence-corrected chi connectivity index (χ1v) is 6.68. The summed E-state index contributed by atoms with van der Waals surface area (Å²) in [6.07, 6.45) is 12.5. The van der Waals surface area contributed by atoms with E-state index in [-0.39, 0.29) is 0 Å². The van der Waals surface area contributed by atoms with Gasteiger partial charge >= 0.3 is 0 Å². The van der Waals surface area contributed by atoms with Crippen molar-refractivity contribution in [2.45, 2.75) is 27.7 Å². The van der Waals surface area contributed by atoms with Crippen molar-refractivity contribution in [3.8, 4) is 0 Å². The monoisotopic (exact) mass is 253 g/mol. The maximum Gasteiger partial charge on any atom is 0.0458 e. The zero-order valence-corrected chi connectivity index (χ0v) is 12.3. The second-order valence-electron chi connectivity index (χ2n) is 4.22. The molecule has 0 heterocycles. The molecule has 1 heteroatoms. The van der Waals surface area contributed by atoms with E-state index in [0.29, 0.717) is 0 Å². The van der Waals surface area contributed by atoms with Gasteiger partial charge in [0, 0.05) is 17.1 Å². The predicted molar refractivity (Wildman–Crippen MR) is 86.1 cm³/mol. The van der Waals surface area contributed by atoms with Gasteiger partial charge in [0.05, 0.1) is 0 Å². The Balaban J connectivity index is 3.26. The van der Waals surface area contributed by atoms with Crippen LogP contribution in [-0.4, -0.2) is 0 Å². The van der Waals surface area contributed by atoms with Crippen LogP contribution in [0, 0.1) is 0 Å².